The molecule has 2 aromatic rings. The highest BCUT2D eigenvalue weighted by Gasteiger charge is 2.28. The van der Waals surface area contributed by atoms with Gasteiger partial charge in [0.05, 0.1) is 24.9 Å². The van der Waals surface area contributed by atoms with Gasteiger partial charge in [-0.1, -0.05) is 31.4 Å². The Morgan fingerprint density at radius 2 is 2.16 bits per heavy atom. The van der Waals surface area contributed by atoms with Gasteiger partial charge in [-0.15, -0.1) is 5.10 Å². The third-order valence-electron chi connectivity index (χ3n) is 5.53. The molecule has 2 N–H and O–H groups in total. The fourth-order valence-electron chi connectivity index (χ4n) is 3.96. The Hall–Kier alpha value is -1.44. The van der Waals surface area contributed by atoms with E-state index in [9.17, 15) is 5.11 Å². The van der Waals surface area contributed by atoms with Crippen LogP contribution in [0.25, 0.3) is 5.52 Å². The number of aliphatic hydroxyl groups excluding tert-OH is 1. The van der Waals surface area contributed by atoms with Crippen molar-refractivity contribution in [3.05, 3.63) is 17.2 Å². The Morgan fingerprint density at radius 3 is 2.92 bits per heavy atom. The molecule has 1 saturated carbocycles. The van der Waals surface area contributed by atoms with Crippen LogP contribution >= 0.6 is 11.6 Å². The minimum absolute atomic E-state index is 0.110. The number of hydrogen-bond donors (Lipinski definition) is 2. The van der Waals surface area contributed by atoms with Gasteiger partial charge < -0.3 is 15.2 Å². The molecule has 0 radical (unpaired) electrons. The second kappa shape index (κ2) is 7.05. The number of hydrogen-bond acceptors (Lipinski definition) is 6. The maximum atomic E-state index is 10.1. The van der Waals surface area contributed by atoms with Gasteiger partial charge in [0.15, 0.2) is 5.15 Å². The minimum Gasteiger partial charge on any atom is -0.389 e. The molecular weight excluding hydrogens is 342 g/mol. The molecule has 1 unspecified atom stereocenters. The lowest BCUT2D eigenvalue weighted by molar-refractivity contribution is -0.0136. The molecule has 136 valence electrons. The van der Waals surface area contributed by atoms with Crippen LogP contribution in [-0.2, 0) is 4.74 Å². The first-order valence-electron chi connectivity index (χ1n) is 9.07. The SMILES string of the molecule is CC(c1nc(Cl)c2cnc(N[C@@H]3CCOC[C@H]3O)nn12)C1CCCC1. The van der Waals surface area contributed by atoms with Crippen LogP contribution in [0.4, 0.5) is 5.95 Å². The predicted octanol–water partition coefficient (Wildman–Crippen LogP) is 2.63. The lowest BCUT2D eigenvalue weighted by atomic mass is 9.92. The Kier molecular flexibility index (Phi) is 4.80. The van der Waals surface area contributed by atoms with Crippen molar-refractivity contribution >= 4 is 23.1 Å². The average molecular weight is 366 g/mol. The van der Waals surface area contributed by atoms with Crippen LogP contribution in [0.1, 0.15) is 50.8 Å². The number of anilines is 1. The summed E-state index contributed by atoms with van der Waals surface area (Å²) in [5.41, 5.74) is 0.722. The third-order valence-corrected chi connectivity index (χ3v) is 5.81. The molecule has 0 amide bonds. The van der Waals surface area contributed by atoms with Crippen molar-refractivity contribution in [1.29, 1.82) is 0 Å². The van der Waals surface area contributed by atoms with Crippen LogP contribution in [0, 0.1) is 5.92 Å². The number of rotatable bonds is 4. The van der Waals surface area contributed by atoms with Crippen molar-refractivity contribution in [2.24, 2.45) is 5.92 Å². The molecular formula is C17H24ClN5O2. The Bertz CT molecular complexity index is 746. The fraction of sp³-hybridized carbons (Fsp3) is 0.706. The number of nitrogens with one attached hydrogen (secondary N) is 1. The molecule has 1 aliphatic carbocycles. The number of fused-ring (bicyclic) bond motifs is 1. The molecule has 2 fully saturated rings. The highest BCUT2D eigenvalue weighted by molar-refractivity contribution is 6.32. The molecule has 2 aromatic heterocycles. The summed E-state index contributed by atoms with van der Waals surface area (Å²) in [6.07, 6.45) is 6.90. The largest absolute Gasteiger partial charge is 0.389 e. The Balaban J connectivity index is 1.63. The van der Waals surface area contributed by atoms with Crippen molar-refractivity contribution in [2.75, 3.05) is 18.5 Å². The van der Waals surface area contributed by atoms with Crippen molar-refractivity contribution < 1.29 is 9.84 Å². The van der Waals surface area contributed by atoms with Crippen LogP contribution in [-0.4, -0.2) is 50.0 Å². The van der Waals surface area contributed by atoms with Crippen molar-refractivity contribution in [2.45, 2.75) is 57.1 Å². The molecule has 3 atom stereocenters. The van der Waals surface area contributed by atoms with Crippen molar-refractivity contribution in [3.63, 3.8) is 0 Å². The van der Waals surface area contributed by atoms with Gasteiger partial charge in [-0.05, 0) is 25.2 Å². The molecule has 3 heterocycles. The van der Waals surface area contributed by atoms with Gasteiger partial charge in [-0.3, -0.25) is 0 Å². The van der Waals surface area contributed by atoms with Gasteiger partial charge in [-0.2, -0.15) is 0 Å². The quantitative estimate of drug-likeness (QED) is 0.866. The molecule has 7 nitrogen and oxygen atoms in total. The number of halogens is 1. The lowest BCUT2D eigenvalue weighted by Crippen LogP contribution is -2.42. The highest BCUT2D eigenvalue weighted by atomic mass is 35.5. The summed E-state index contributed by atoms with van der Waals surface area (Å²) < 4.78 is 7.08. The molecule has 4 rings (SSSR count). The van der Waals surface area contributed by atoms with Crippen LogP contribution < -0.4 is 5.32 Å². The van der Waals surface area contributed by atoms with Crippen molar-refractivity contribution in [3.8, 4) is 0 Å². The number of ether oxygens (including phenoxy) is 1. The molecule has 0 bridgehead atoms. The number of aliphatic hydroxyl groups is 1. The summed E-state index contributed by atoms with van der Waals surface area (Å²) in [5, 5.41) is 18.3. The van der Waals surface area contributed by atoms with Gasteiger partial charge >= 0.3 is 0 Å². The van der Waals surface area contributed by atoms with E-state index in [0.29, 0.717) is 36.2 Å². The van der Waals surface area contributed by atoms with E-state index in [1.165, 1.54) is 25.7 Å². The molecule has 0 spiro atoms. The highest BCUT2D eigenvalue weighted by Crippen LogP contribution is 2.37. The summed E-state index contributed by atoms with van der Waals surface area (Å²) in [6.45, 7) is 3.16. The van der Waals surface area contributed by atoms with E-state index in [4.69, 9.17) is 16.3 Å². The Morgan fingerprint density at radius 1 is 1.36 bits per heavy atom. The van der Waals surface area contributed by atoms with Gasteiger partial charge in [0.25, 0.3) is 0 Å². The molecule has 25 heavy (non-hydrogen) atoms. The first-order chi connectivity index (χ1) is 12.1. The summed E-state index contributed by atoms with van der Waals surface area (Å²) in [4.78, 5) is 8.91. The first-order valence-corrected chi connectivity index (χ1v) is 9.45. The molecule has 2 aliphatic rings. The average Bonchev–Trinajstić information content (AvgIpc) is 3.25. The van der Waals surface area contributed by atoms with Crippen molar-refractivity contribution in [1.82, 2.24) is 19.6 Å². The van der Waals surface area contributed by atoms with Gasteiger partial charge in [0.1, 0.15) is 11.3 Å². The Labute approximate surface area is 151 Å². The van der Waals surface area contributed by atoms with E-state index in [1.54, 1.807) is 6.20 Å². The number of nitrogens with zero attached hydrogens (tertiary/aromatic N) is 4. The predicted molar refractivity (Wildman–Crippen MR) is 95.0 cm³/mol. The normalized spacial score (nSPS) is 26.2. The summed E-state index contributed by atoms with van der Waals surface area (Å²) in [6, 6.07) is -0.110. The second-order valence-electron chi connectivity index (χ2n) is 7.15. The minimum atomic E-state index is -0.559. The van der Waals surface area contributed by atoms with E-state index in [0.717, 1.165) is 17.8 Å². The number of imidazole rings is 1. The monoisotopic (exact) mass is 365 g/mol. The molecule has 0 aromatic carbocycles. The zero-order valence-electron chi connectivity index (χ0n) is 14.4. The zero-order chi connectivity index (χ0) is 17.4. The van der Waals surface area contributed by atoms with Gasteiger partial charge in [0.2, 0.25) is 5.95 Å². The summed E-state index contributed by atoms with van der Waals surface area (Å²) in [5.74, 6) is 2.31. The smallest absolute Gasteiger partial charge is 0.241 e. The van der Waals surface area contributed by atoms with E-state index >= 15 is 0 Å². The topological polar surface area (TPSA) is 84.6 Å². The number of aromatic nitrogens is 4. The summed E-state index contributed by atoms with van der Waals surface area (Å²) >= 11 is 6.31. The van der Waals surface area contributed by atoms with Gasteiger partial charge in [0, 0.05) is 12.5 Å². The summed E-state index contributed by atoms with van der Waals surface area (Å²) in [7, 11) is 0. The van der Waals surface area contributed by atoms with E-state index in [1.807, 2.05) is 4.52 Å². The standard InChI is InChI=1S/C17H24ClN5O2/c1-10(11-4-2-3-5-11)16-21-15(18)13-8-19-17(22-23(13)16)20-12-6-7-25-9-14(12)24/h8,10-12,14,24H,2-7,9H2,1H3,(H,20,22)/t10?,12-,14-/m1/s1. The lowest BCUT2D eigenvalue weighted by Gasteiger charge is -2.28. The molecule has 1 saturated heterocycles. The maximum absolute atomic E-state index is 10.1. The fourth-order valence-corrected chi connectivity index (χ4v) is 4.17. The van der Waals surface area contributed by atoms with Crippen LogP contribution in [0.3, 0.4) is 0 Å². The molecule has 1 aliphatic heterocycles. The first kappa shape index (κ1) is 17.0. The zero-order valence-corrected chi connectivity index (χ0v) is 15.1. The molecule has 8 heteroatoms. The van der Waals surface area contributed by atoms with Gasteiger partial charge in [-0.25, -0.2) is 14.5 Å². The van der Waals surface area contributed by atoms with Crippen LogP contribution in [0.15, 0.2) is 6.20 Å². The second-order valence-corrected chi connectivity index (χ2v) is 7.51. The maximum Gasteiger partial charge on any atom is 0.241 e. The van der Waals surface area contributed by atoms with E-state index < -0.39 is 6.10 Å². The third kappa shape index (κ3) is 3.32. The van der Waals surface area contributed by atoms with E-state index in [2.05, 4.69) is 27.3 Å². The van der Waals surface area contributed by atoms with Crippen LogP contribution in [0.2, 0.25) is 5.15 Å². The van der Waals surface area contributed by atoms with Crippen LogP contribution in [0.5, 0.6) is 0 Å². The van der Waals surface area contributed by atoms with E-state index in [-0.39, 0.29) is 6.04 Å².